The second kappa shape index (κ2) is 1.78. The van der Waals surface area contributed by atoms with Crippen LogP contribution in [-0.4, -0.2) is 4.92 Å². The molecule has 0 heterocycles. The van der Waals surface area contributed by atoms with Gasteiger partial charge in [-0.2, -0.15) is 0 Å². The van der Waals surface area contributed by atoms with Gasteiger partial charge in [-0.1, -0.05) is 6.08 Å². The molecular weight excluding hydrogens is 106 g/mol. The molecule has 0 saturated heterocycles. The van der Waals surface area contributed by atoms with E-state index in [4.69, 9.17) is 0 Å². The summed E-state index contributed by atoms with van der Waals surface area (Å²) in [6.45, 7) is 0. The molecule has 0 N–H and O–H groups in total. The van der Waals surface area contributed by atoms with Gasteiger partial charge in [-0.25, -0.2) is 0 Å². The van der Waals surface area contributed by atoms with Crippen molar-refractivity contribution in [3.63, 3.8) is 0 Å². The van der Waals surface area contributed by atoms with Crippen molar-refractivity contribution in [1.29, 1.82) is 0 Å². The van der Waals surface area contributed by atoms with Crippen LogP contribution in [0.1, 0.15) is 6.42 Å². The monoisotopic (exact) mass is 111 g/mol. The minimum Gasteiger partial charge on any atom is -0.258 e. The maximum atomic E-state index is 9.89. The van der Waals surface area contributed by atoms with E-state index < -0.39 is 0 Å². The van der Waals surface area contributed by atoms with Gasteiger partial charge < -0.3 is 0 Å². The van der Waals surface area contributed by atoms with Crippen LogP contribution < -0.4 is 0 Å². The Kier molecular flexibility index (Phi) is 1.12. The van der Waals surface area contributed by atoms with E-state index in [0.717, 1.165) is 0 Å². The van der Waals surface area contributed by atoms with Gasteiger partial charge in [0, 0.05) is 6.08 Å². The number of nitrogens with zero attached hydrogens (tertiary/aromatic N) is 1. The Hall–Kier alpha value is -1.12. The summed E-state index contributed by atoms with van der Waals surface area (Å²) >= 11 is 0. The van der Waals surface area contributed by atoms with Gasteiger partial charge in [0.2, 0.25) is 0 Å². The first-order valence-electron chi connectivity index (χ1n) is 2.32. The van der Waals surface area contributed by atoms with Crippen molar-refractivity contribution in [3.05, 3.63) is 34.0 Å². The summed E-state index contributed by atoms with van der Waals surface area (Å²) < 4.78 is 0. The molecule has 0 radical (unpaired) electrons. The topological polar surface area (TPSA) is 43.1 Å². The predicted octanol–water partition coefficient (Wildman–Crippen LogP) is 1.11. The lowest BCUT2D eigenvalue weighted by atomic mass is 10.5. The van der Waals surface area contributed by atoms with E-state index in [1.807, 2.05) is 0 Å². The van der Waals surface area contributed by atoms with Crippen LogP contribution in [0.5, 0.6) is 0 Å². The van der Waals surface area contributed by atoms with Gasteiger partial charge in [0.05, 0.1) is 4.92 Å². The van der Waals surface area contributed by atoms with Crippen LogP contribution >= 0.6 is 0 Å². The Morgan fingerprint density at radius 3 is 2.75 bits per heavy atom. The highest BCUT2D eigenvalue weighted by atomic mass is 16.6. The molecule has 0 amide bonds. The highest BCUT2D eigenvalue weighted by Crippen LogP contribution is 2.07. The van der Waals surface area contributed by atoms with Gasteiger partial charge in [0.25, 0.3) is 5.70 Å². The van der Waals surface area contributed by atoms with E-state index in [-0.39, 0.29) is 10.6 Å². The molecule has 0 aliphatic heterocycles. The molecule has 0 atom stereocenters. The summed E-state index contributed by atoms with van der Waals surface area (Å²) in [6, 6.07) is 0. The lowest BCUT2D eigenvalue weighted by Crippen LogP contribution is -1.91. The zero-order valence-corrected chi connectivity index (χ0v) is 4.20. The molecule has 1 aliphatic carbocycles. The minimum absolute atomic E-state index is 0.213. The Balaban J connectivity index is 2.72. The first-order chi connectivity index (χ1) is 3.80. The van der Waals surface area contributed by atoms with Crippen LogP contribution in [0.4, 0.5) is 0 Å². The van der Waals surface area contributed by atoms with Crippen molar-refractivity contribution in [2.24, 2.45) is 0 Å². The summed E-state index contributed by atoms with van der Waals surface area (Å²) in [4.78, 5) is 9.50. The summed E-state index contributed by atoms with van der Waals surface area (Å²) in [6.07, 6.45) is 5.56. The second-order valence-electron chi connectivity index (χ2n) is 1.52. The SMILES string of the molecule is O=[N+]([O-])C1=CCC=C1. The van der Waals surface area contributed by atoms with Crippen molar-refractivity contribution in [2.45, 2.75) is 6.42 Å². The Labute approximate surface area is 46.5 Å². The molecule has 0 aromatic carbocycles. The molecule has 0 bridgehead atoms. The Bertz CT molecular complexity index is 169. The van der Waals surface area contributed by atoms with Crippen LogP contribution in [0.3, 0.4) is 0 Å². The van der Waals surface area contributed by atoms with Gasteiger partial charge in [-0.05, 0) is 12.5 Å². The number of hydrogen-bond acceptors (Lipinski definition) is 2. The van der Waals surface area contributed by atoms with Crippen LogP contribution in [0.25, 0.3) is 0 Å². The molecular formula is C5H5NO2. The van der Waals surface area contributed by atoms with E-state index in [1.165, 1.54) is 6.08 Å². The molecule has 0 fully saturated rings. The molecule has 42 valence electrons. The molecule has 8 heavy (non-hydrogen) atoms. The van der Waals surface area contributed by atoms with Gasteiger partial charge in [-0.15, -0.1) is 0 Å². The highest BCUT2D eigenvalue weighted by Gasteiger charge is 2.06. The van der Waals surface area contributed by atoms with Crippen molar-refractivity contribution >= 4 is 0 Å². The molecule has 0 spiro atoms. The molecule has 3 heteroatoms. The number of nitro groups is 1. The quantitative estimate of drug-likeness (QED) is 0.375. The lowest BCUT2D eigenvalue weighted by molar-refractivity contribution is -0.418. The fourth-order valence-corrected chi connectivity index (χ4v) is 0.581. The number of rotatable bonds is 1. The summed E-state index contributed by atoms with van der Waals surface area (Å²) in [5.74, 6) is 0. The number of hydrogen-bond donors (Lipinski definition) is 0. The van der Waals surface area contributed by atoms with Gasteiger partial charge in [0.1, 0.15) is 0 Å². The molecule has 0 aromatic heterocycles. The van der Waals surface area contributed by atoms with Crippen LogP contribution in [0.2, 0.25) is 0 Å². The van der Waals surface area contributed by atoms with Crippen LogP contribution in [-0.2, 0) is 0 Å². The van der Waals surface area contributed by atoms with Crippen molar-refractivity contribution in [3.8, 4) is 0 Å². The Morgan fingerprint density at radius 1 is 1.75 bits per heavy atom. The van der Waals surface area contributed by atoms with E-state index in [0.29, 0.717) is 6.42 Å². The summed E-state index contributed by atoms with van der Waals surface area (Å²) in [7, 11) is 0. The van der Waals surface area contributed by atoms with Gasteiger partial charge in [-0.3, -0.25) is 10.1 Å². The zero-order chi connectivity index (χ0) is 5.98. The number of allylic oxidation sites excluding steroid dienone is 3. The average molecular weight is 111 g/mol. The third kappa shape index (κ3) is 0.753. The third-order valence-electron chi connectivity index (χ3n) is 0.963. The van der Waals surface area contributed by atoms with Crippen LogP contribution in [0.15, 0.2) is 23.9 Å². The van der Waals surface area contributed by atoms with E-state index in [9.17, 15) is 10.1 Å². The normalized spacial score (nSPS) is 16.2. The Morgan fingerprint density at radius 2 is 2.50 bits per heavy atom. The average Bonchev–Trinajstić information content (AvgIpc) is 2.12. The molecule has 3 nitrogen and oxygen atoms in total. The lowest BCUT2D eigenvalue weighted by Gasteiger charge is -1.81. The predicted molar refractivity (Wildman–Crippen MR) is 28.8 cm³/mol. The molecule has 0 saturated carbocycles. The van der Waals surface area contributed by atoms with Crippen molar-refractivity contribution in [2.75, 3.05) is 0 Å². The smallest absolute Gasteiger partial charge is 0.258 e. The third-order valence-corrected chi connectivity index (χ3v) is 0.963. The summed E-state index contributed by atoms with van der Waals surface area (Å²) in [5, 5.41) is 9.89. The van der Waals surface area contributed by atoms with E-state index in [2.05, 4.69) is 0 Å². The van der Waals surface area contributed by atoms with E-state index in [1.54, 1.807) is 12.2 Å². The molecule has 1 rings (SSSR count). The largest absolute Gasteiger partial charge is 0.265 e. The molecule has 0 unspecified atom stereocenters. The minimum atomic E-state index is -0.385. The molecule has 0 aromatic rings. The van der Waals surface area contributed by atoms with Gasteiger partial charge >= 0.3 is 0 Å². The van der Waals surface area contributed by atoms with E-state index >= 15 is 0 Å². The maximum Gasteiger partial charge on any atom is 0.265 e. The maximum absolute atomic E-state index is 9.89. The van der Waals surface area contributed by atoms with Crippen molar-refractivity contribution < 1.29 is 4.92 Å². The highest BCUT2D eigenvalue weighted by molar-refractivity contribution is 5.19. The molecule has 1 aliphatic rings. The summed E-state index contributed by atoms with van der Waals surface area (Å²) in [5.41, 5.74) is 0.213. The van der Waals surface area contributed by atoms with Gasteiger partial charge in [0.15, 0.2) is 0 Å². The second-order valence-corrected chi connectivity index (χ2v) is 1.52. The zero-order valence-electron chi connectivity index (χ0n) is 4.20. The van der Waals surface area contributed by atoms with Crippen molar-refractivity contribution in [1.82, 2.24) is 0 Å². The fraction of sp³-hybridized carbons (Fsp3) is 0.200. The fourth-order valence-electron chi connectivity index (χ4n) is 0.581. The first-order valence-corrected chi connectivity index (χ1v) is 2.32. The standard InChI is InChI=1S/C5H5NO2/c7-6(8)5-3-1-2-4-5/h1,3-4H,2H2. The van der Waals surface area contributed by atoms with Crippen LogP contribution in [0, 0.1) is 10.1 Å². The first kappa shape index (κ1) is 5.03.